The molecular weight excluding hydrogens is 387 g/mol. The summed E-state index contributed by atoms with van der Waals surface area (Å²) >= 11 is 0. The van der Waals surface area contributed by atoms with E-state index in [1.807, 2.05) is 19.9 Å². The Kier molecular flexibility index (Phi) is 9.32. The molecule has 0 radical (unpaired) electrons. The zero-order valence-electron chi connectivity index (χ0n) is 19.3. The van der Waals surface area contributed by atoms with Crippen LogP contribution >= 0.6 is 0 Å². The first-order valence-electron chi connectivity index (χ1n) is 10.5. The molecule has 3 nitrogen and oxygen atoms in total. The van der Waals surface area contributed by atoms with Crippen molar-refractivity contribution in [3.05, 3.63) is 41.5 Å². The molecule has 0 aliphatic heterocycles. The van der Waals surface area contributed by atoms with E-state index < -0.39 is 11.7 Å². The summed E-state index contributed by atoms with van der Waals surface area (Å²) in [5.74, 6) is 1.57. The van der Waals surface area contributed by atoms with Crippen LogP contribution in [0.1, 0.15) is 72.4 Å². The quantitative estimate of drug-likeness (QED) is 0.356. The number of alkyl halides is 3. The molecule has 0 saturated heterocycles. The largest absolute Gasteiger partial charge is 0.416 e. The Morgan fingerprint density at radius 1 is 1.10 bits per heavy atom. The van der Waals surface area contributed by atoms with Crippen molar-refractivity contribution >= 4 is 17.2 Å². The van der Waals surface area contributed by atoms with E-state index in [2.05, 4.69) is 32.7 Å². The highest BCUT2D eigenvalue weighted by Gasteiger charge is 2.30. The number of nitrogens with two attached hydrogens (primary N) is 1. The Balaban J connectivity index is 3.38. The third-order valence-electron chi connectivity index (χ3n) is 4.89. The summed E-state index contributed by atoms with van der Waals surface area (Å²) in [6.45, 7) is 15.1. The summed E-state index contributed by atoms with van der Waals surface area (Å²) in [5, 5.41) is 0. The van der Waals surface area contributed by atoms with Gasteiger partial charge in [0.1, 0.15) is 5.84 Å². The van der Waals surface area contributed by atoms with Gasteiger partial charge in [0.25, 0.3) is 0 Å². The van der Waals surface area contributed by atoms with Crippen molar-refractivity contribution in [3.8, 4) is 0 Å². The molecule has 0 fully saturated rings. The molecule has 1 aromatic carbocycles. The van der Waals surface area contributed by atoms with Gasteiger partial charge in [0, 0.05) is 6.54 Å². The van der Waals surface area contributed by atoms with Crippen LogP contribution in [0.2, 0.25) is 0 Å². The van der Waals surface area contributed by atoms with Crippen LogP contribution < -0.4 is 5.73 Å². The normalized spacial score (nSPS) is 15.6. The summed E-state index contributed by atoms with van der Waals surface area (Å²) in [7, 11) is 0. The van der Waals surface area contributed by atoms with Crippen LogP contribution in [0.3, 0.4) is 0 Å². The van der Waals surface area contributed by atoms with Crippen molar-refractivity contribution in [1.29, 1.82) is 0 Å². The second-order valence-electron chi connectivity index (χ2n) is 9.17. The summed E-state index contributed by atoms with van der Waals surface area (Å²) in [5.41, 5.74) is 6.80. The van der Waals surface area contributed by atoms with Crippen molar-refractivity contribution in [1.82, 2.24) is 0 Å². The number of nitrogens with zero attached hydrogens (tertiary/aromatic N) is 2. The molecule has 1 unspecified atom stereocenters. The monoisotopic (exact) mass is 423 g/mol. The SMILES string of the molecule is CCC(C)/C(=C\C(N=C(C)N)=NCC(C)(C)CC(C)C)c1ccc(C(F)(F)F)cc1. The fourth-order valence-corrected chi connectivity index (χ4v) is 3.48. The molecule has 0 aliphatic rings. The summed E-state index contributed by atoms with van der Waals surface area (Å²) in [4.78, 5) is 9.11. The molecule has 168 valence electrons. The van der Waals surface area contributed by atoms with Gasteiger partial charge in [-0.1, -0.05) is 53.7 Å². The van der Waals surface area contributed by atoms with Gasteiger partial charge in [0.15, 0.2) is 0 Å². The standard InChI is InChI=1S/C24H36F3N3/c1-8-17(4)21(19-9-11-20(12-10-19)24(25,26)27)13-22(30-18(5)28)29-15-23(6,7)14-16(2)3/h9-13,16-17H,8,14-15H2,1-7H3,(H2,28,29,30)/b21-13+. The Bertz CT molecular complexity index is 766. The molecule has 2 N–H and O–H groups in total. The zero-order chi connectivity index (χ0) is 23.1. The van der Waals surface area contributed by atoms with Crippen LogP contribution in [-0.2, 0) is 6.18 Å². The molecule has 6 heteroatoms. The van der Waals surface area contributed by atoms with Crippen molar-refractivity contribution < 1.29 is 13.2 Å². The Morgan fingerprint density at radius 2 is 1.67 bits per heavy atom. The highest BCUT2D eigenvalue weighted by molar-refractivity contribution is 6.05. The predicted molar refractivity (Wildman–Crippen MR) is 122 cm³/mol. The lowest BCUT2D eigenvalue weighted by Crippen LogP contribution is -2.19. The van der Waals surface area contributed by atoms with Crippen LogP contribution in [0.25, 0.3) is 5.57 Å². The van der Waals surface area contributed by atoms with Gasteiger partial charge in [-0.3, -0.25) is 4.99 Å². The topological polar surface area (TPSA) is 50.7 Å². The van der Waals surface area contributed by atoms with E-state index in [0.29, 0.717) is 24.1 Å². The molecular formula is C24H36F3N3. The van der Waals surface area contributed by atoms with E-state index in [0.717, 1.165) is 36.1 Å². The molecule has 1 aromatic rings. The van der Waals surface area contributed by atoms with Gasteiger partial charge in [-0.25, -0.2) is 4.99 Å². The number of aliphatic imine (C=N–C) groups is 2. The molecule has 0 amide bonds. The van der Waals surface area contributed by atoms with Crippen molar-refractivity contribution in [3.63, 3.8) is 0 Å². The number of halogens is 3. The molecule has 1 rings (SSSR count). The van der Waals surface area contributed by atoms with Gasteiger partial charge in [-0.2, -0.15) is 13.2 Å². The molecule has 0 saturated carbocycles. The third kappa shape index (κ3) is 8.72. The maximum absolute atomic E-state index is 12.9. The number of benzene rings is 1. The van der Waals surface area contributed by atoms with Crippen LogP contribution in [0.4, 0.5) is 13.2 Å². The van der Waals surface area contributed by atoms with Gasteiger partial charge in [-0.05, 0) is 66.4 Å². The lowest BCUT2D eigenvalue weighted by molar-refractivity contribution is -0.137. The van der Waals surface area contributed by atoms with Gasteiger partial charge in [0.2, 0.25) is 0 Å². The van der Waals surface area contributed by atoms with E-state index in [1.165, 1.54) is 12.1 Å². The lowest BCUT2D eigenvalue weighted by atomic mass is 9.84. The van der Waals surface area contributed by atoms with Gasteiger partial charge in [0.05, 0.1) is 11.4 Å². The van der Waals surface area contributed by atoms with Gasteiger partial charge >= 0.3 is 6.18 Å². The Morgan fingerprint density at radius 3 is 2.10 bits per heavy atom. The molecule has 0 aliphatic carbocycles. The first-order chi connectivity index (χ1) is 13.7. The lowest BCUT2D eigenvalue weighted by Gasteiger charge is -2.24. The number of hydrogen-bond acceptors (Lipinski definition) is 1. The predicted octanol–water partition coefficient (Wildman–Crippen LogP) is 6.98. The smallest absolute Gasteiger partial charge is 0.387 e. The second-order valence-corrected chi connectivity index (χ2v) is 9.17. The first kappa shape index (κ1) is 25.9. The van der Waals surface area contributed by atoms with Gasteiger partial charge < -0.3 is 5.73 Å². The van der Waals surface area contributed by atoms with Crippen molar-refractivity contribution in [2.45, 2.75) is 67.5 Å². The zero-order valence-corrected chi connectivity index (χ0v) is 19.3. The summed E-state index contributed by atoms with van der Waals surface area (Å²) in [6.07, 6.45) is -0.632. The van der Waals surface area contributed by atoms with Gasteiger partial charge in [-0.15, -0.1) is 0 Å². The minimum Gasteiger partial charge on any atom is -0.387 e. The maximum atomic E-state index is 12.9. The Hall–Kier alpha value is -2.11. The number of hydrogen-bond donors (Lipinski definition) is 1. The minimum atomic E-state index is -4.35. The highest BCUT2D eigenvalue weighted by atomic mass is 19.4. The van der Waals surface area contributed by atoms with Crippen LogP contribution in [0.5, 0.6) is 0 Å². The highest BCUT2D eigenvalue weighted by Crippen LogP contribution is 2.32. The van der Waals surface area contributed by atoms with E-state index >= 15 is 0 Å². The molecule has 30 heavy (non-hydrogen) atoms. The Labute approximate surface area is 179 Å². The van der Waals surface area contributed by atoms with E-state index in [4.69, 9.17) is 10.7 Å². The fraction of sp³-hybridized carbons (Fsp3) is 0.583. The average molecular weight is 424 g/mol. The second kappa shape index (κ2) is 10.8. The number of rotatable bonds is 8. The van der Waals surface area contributed by atoms with E-state index in [1.54, 1.807) is 6.92 Å². The summed E-state index contributed by atoms with van der Waals surface area (Å²) in [6, 6.07) is 5.26. The number of allylic oxidation sites excluding steroid dienone is 1. The molecule has 0 spiro atoms. The molecule has 0 bridgehead atoms. The molecule has 1 atom stereocenters. The maximum Gasteiger partial charge on any atom is 0.416 e. The first-order valence-corrected chi connectivity index (χ1v) is 10.5. The van der Waals surface area contributed by atoms with Crippen LogP contribution in [-0.4, -0.2) is 18.2 Å². The molecule has 0 heterocycles. The van der Waals surface area contributed by atoms with Crippen molar-refractivity contribution in [2.75, 3.05) is 6.54 Å². The average Bonchev–Trinajstić information content (AvgIpc) is 2.61. The van der Waals surface area contributed by atoms with E-state index in [-0.39, 0.29) is 11.3 Å². The number of amidine groups is 2. The molecule has 0 aromatic heterocycles. The fourth-order valence-electron chi connectivity index (χ4n) is 3.48. The third-order valence-corrected chi connectivity index (χ3v) is 4.89. The van der Waals surface area contributed by atoms with Crippen LogP contribution in [0.15, 0.2) is 40.3 Å². The van der Waals surface area contributed by atoms with Crippen molar-refractivity contribution in [2.24, 2.45) is 33.0 Å². The minimum absolute atomic E-state index is 0.0101. The summed E-state index contributed by atoms with van der Waals surface area (Å²) < 4.78 is 38.8. The van der Waals surface area contributed by atoms with E-state index in [9.17, 15) is 13.2 Å². The van der Waals surface area contributed by atoms with Crippen LogP contribution in [0, 0.1) is 17.3 Å².